The first-order valence-electron chi connectivity index (χ1n) is 9.87. The molecule has 35 heavy (non-hydrogen) atoms. The molecule has 1 atom stereocenters. The summed E-state index contributed by atoms with van der Waals surface area (Å²) in [7, 11) is 0. The molecule has 1 fully saturated rings. The Labute approximate surface area is 206 Å². The van der Waals surface area contributed by atoms with Crippen molar-refractivity contribution in [2.75, 3.05) is 4.90 Å². The van der Waals surface area contributed by atoms with Gasteiger partial charge in [-0.3, -0.25) is 14.5 Å². The second-order valence-electron chi connectivity index (χ2n) is 7.43. The predicted molar refractivity (Wildman–Crippen MR) is 122 cm³/mol. The first kappa shape index (κ1) is 24.4. The lowest BCUT2D eigenvalue weighted by atomic mass is 9.95. The van der Waals surface area contributed by atoms with Crippen molar-refractivity contribution in [3.05, 3.63) is 93.5 Å². The van der Waals surface area contributed by atoms with Gasteiger partial charge in [-0.1, -0.05) is 35.3 Å². The van der Waals surface area contributed by atoms with Crippen molar-refractivity contribution in [2.45, 2.75) is 12.4 Å². The van der Waals surface area contributed by atoms with E-state index in [4.69, 9.17) is 23.2 Å². The average Bonchev–Trinajstić information content (AvgIpc) is 3.06. The van der Waals surface area contributed by atoms with Crippen molar-refractivity contribution in [3.63, 3.8) is 0 Å². The number of ether oxygens (including phenoxy) is 1. The number of aliphatic hydroxyl groups excluding tert-OH is 1. The Balaban J connectivity index is 1.86. The van der Waals surface area contributed by atoms with E-state index in [0.717, 1.165) is 17.0 Å². The lowest BCUT2D eigenvalue weighted by Crippen LogP contribution is -2.29. The third kappa shape index (κ3) is 4.91. The van der Waals surface area contributed by atoms with Crippen molar-refractivity contribution in [1.82, 2.24) is 0 Å². The number of phenols is 1. The summed E-state index contributed by atoms with van der Waals surface area (Å²) in [4.78, 5) is 27.2. The zero-order valence-electron chi connectivity index (χ0n) is 17.4. The summed E-state index contributed by atoms with van der Waals surface area (Å²) < 4.78 is 41.4. The lowest BCUT2D eigenvalue weighted by Gasteiger charge is -2.25. The van der Waals surface area contributed by atoms with E-state index in [0.29, 0.717) is 5.56 Å². The minimum Gasteiger partial charge on any atom is -0.508 e. The summed E-state index contributed by atoms with van der Waals surface area (Å²) in [6, 6.07) is 12.9. The van der Waals surface area contributed by atoms with Crippen molar-refractivity contribution in [1.29, 1.82) is 0 Å². The fourth-order valence-corrected chi connectivity index (χ4v) is 3.98. The molecule has 0 aromatic heterocycles. The Bertz CT molecular complexity index is 1340. The Morgan fingerprint density at radius 3 is 2.11 bits per heavy atom. The number of Topliss-reactive ketones (excluding diaryl/α,β-unsaturated/α-hetero) is 1. The summed E-state index contributed by atoms with van der Waals surface area (Å²) in [5.74, 6) is -3.17. The maximum Gasteiger partial charge on any atom is 0.573 e. The number of aromatic hydroxyl groups is 1. The molecule has 4 rings (SSSR count). The van der Waals surface area contributed by atoms with Crippen molar-refractivity contribution >= 4 is 46.3 Å². The minimum absolute atomic E-state index is 0.0767. The standard InChI is InChI=1S/C24H14Cl2F3NO5/c25-17-10-3-13(11-18(17)26)21(32)19-20(12-1-6-15(31)7-2-12)30(23(34)22(19)33)14-4-8-16(9-5-14)35-24(27,28)29/h1-11,20,31-32H/b21-19-. The first-order valence-corrected chi connectivity index (χ1v) is 10.6. The number of nitrogens with zero attached hydrogens (tertiary/aromatic N) is 1. The Kier molecular flexibility index (Phi) is 6.40. The molecular formula is C24H14Cl2F3NO5. The Morgan fingerprint density at radius 2 is 1.54 bits per heavy atom. The maximum absolute atomic E-state index is 13.1. The van der Waals surface area contributed by atoms with Crippen molar-refractivity contribution in [2.24, 2.45) is 0 Å². The molecule has 0 saturated carbocycles. The topological polar surface area (TPSA) is 87.1 Å². The van der Waals surface area contributed by atoms with Gasteiger partial charge in [-0.15, -0.1) is 13.2 Å². The number of hydrogen-bond donors (Lipinski definition) is 2. The van der Waals surface area contributed by atoms with Crippen LogP contribution in [0.2, 0.25) is 10.0 Å². The summed E-state index contributed by atoms with van der Waals surface area (Å²) >= 11 is 12.0. The quantitative estimate of drug-likeness (QED) is 0.240. The van der Waals surface area contributed by atoms with Gasteiger partial charge in [0.25, 0.3) is 11.7 Å². The van der Waals surface area contributed by atoms with Crippen molar-refractivity contribution < 1.29 is 37.7 Å². The molecule has 180 valence electrons. The van der Waals surface area contributed by atoms with Crippen LogP contribution in [0.1, 0.15) is 17.2 Å². The summed E-state index contributed by atoms with van der Waals surface area (Å²) in [5.41, 5.74) is 0.261. The molecule has 1 saturated heterocycles. The highest BCUT2D eigenvalue weighted by molar-refractivity contribution is 6.51. The molecule has 1 aliphatic heterocycles. The normalized spacial score (nSPS) is 17.6. The molecule has 3 aromatic carbocycles. The van der Waals surface area contributed by atoms with Gasteiger partial charge in [-0.25, -0.2) is 0 Å². The molecule has 0 aliphatic carbocycles. The van der Waals surface area contributed by atoms with Crippen LogP contribution in [-0.2, 0) is 9.59 Å². The van der Waals surface area contributed by atoms with E-state index < -0.39 is 35.6 Å². The minimum atomic E-state index is -4.91. The molecule has 3 aromatic rings. The highest BCUT2D eigenvalue weighted by Gasteiger charge is 2.47. The van der Waals surface area contributed by atoms with E-state index in [9.17, 15) is 33.0 Å². The zero-order chi connectivity index (χ0) is 25.5. The van der Waals surface area contributed by atoms with Crippen LogP contribution in [0.3, 0.4) is 0 Å². The molecule has 0 spiro atoms. The fourth-order valence-electron chi connectivity index (χ4n) is 3.68. The molecule has 0 bridgehead atoms. The summed E-state index contributed by atoms with van der Waals surface area (Å²) in [6.07, 6.45) is -4.91. The zero-order valence-corrected chi connectivity index (χ0v) is 18.9. The molecule has 0 radical (unpaired) electrons. The van der Waals surface area contributed by atoms with Crippen LogP contribution in [0.4, 0.5) is 18.9 Å². The largest absolute Gasteiger partial charge is 0.573 e. The third-order valence-electron chi connectivity index (χ3n) is 5.19. The van der Waals surface area contributed by atoms with Gasteiger partial charge in [0.2, 0.25) is 0 Å². The maximum atomic E-state index is 13.1. The van der Waals surface area contributed by atoms with E-state index in [-0.39, 0.29) is 32.6 Å². The second-order valence-corrected chi connectivity index (χ2v) is 8.25. The van der Waals surface area contributed by atoms with Crippen LogP contribution in [0.5, 0.6) is 11.5 Å². The van der Waals surface area contributed by atoms with Gasteiger partial charge in [0.1, 0.15) is 17.3 Å². The summed E-state index contributed by atoms with van der Waals surface area (Å²) in [5, 5.41) is 21.0. The number of ketones is 1. The Morgan fingerprint density at radius 1 is 0.914 bits per heavy atom. The number of rotatable bonds is 4. The molecule has 1 aliphatic rings. The van der Waals surface area contributed by atoms with Gasteiger partial charge in [-0.2, -0.15) is 0 Å². The first-order chi connectivity index (χ1) is 16.5. The lowest BCUT2D eigenvalue weighted by molar-refractivity contribution is -0.274. The van der Waals surface area contributed by atoms with E-state index in [1.165, 1.54) is 54.6 Å². The van der Waals surface area contributed by atoms with E-state index >= 15 is 0 Å². The summed E-state index contributed by atoms with van der Waals surface area (Å²) in [6.45, 7) is 0. The molecule has 2 N–H and O–H groups in total. The van der Waals surface area contributed by atoms with Crippen LogP contribution in [0, 0.1) is 0 Å². The molecule has 1 heterocycles. The number of halogens is 5. The van der Waals surface area contributed by atoms with Gasteiger partial charge in [-0.05, 0) is 60.2 Å². The van der Waals surface area contributed by atoms with Gasteiger partial charge in [0, 0.05) is 11.3 Å². The van der Waals surface area contributed by atoms with Crippen LogP contribution in [0.25, 0.3) is 5.76 Å². The van der Waals surface area contributed by atoms with E-state index in [1.54, 1.807) is 0 Å². The smallest absolute Gasteiger partial charge is 0.508 e. The number of alkyl halides is 3. The molecule has 6 nitrogen and oxygen atoms in total. The number of hydrogen-bond acceptors (Lipinski definition) is 5. The van der Waals surface area contributed by atoms with Crippen LogP contribution in [0.15, 0.2) is 72.3 Å². The highest BCUT2D eigenvalue weighted by atomic mass is 35.5. The number of carbonyl (C=O) groups is 2. The molecule has 1 unspecified atom stereocenters. The molecular weight excluding hydrogens is 510 g/mol. The predicted octanol–water partition coefficient (Wildman–Crippen LogP) is 6.22. The van der Waals surface area contributed by atoms with Gasteiger partial charge in [0.15, 0.2) is 0 Å². The number of carbonyl (C=O) groups excluding carboxylic acids is 2. The van der Waals surface area contributed by atoms with E-state index in [2.05, 4.69) is 4.74 Å². The van der Waals surface area contributed by atoms with Gasteiger partial charge < -0.3 is 14.9 Å². The van der Waals surface area contributed by atoms with Crippen molar-refractivity contribution in [3.8, 4) is 11.5 Å². The highest BCUT2D eigenvalue weighted by Crippen LogP contribution is 2.43. The monoisotopic (exact) mass is 523 g/mol. The Hall–Kier alpha value is -3.69. The molecule has 1 amide bonds. The number of benzene rings is 3. The van der Waals surface area contributed by atoms with Gasteiger partial charge in [0.05, 0.1) is 21.7 Å². The third-order valence-corrected chi connectivity index (χ3v) is 5.93. The number of amides is 1. The van der Waals surface area contributed by atoms with Crippen LogP contribution < -0.4 is 9.64 Å². The number of aliphatic hydroxyl groups is 1. The second kappa shape index (κ2) is 9.16. The number of anilines is 1. The molecule has 11 heteroatoms. The SMILES string of the molecule is O=C1C(=O)N(c2ccc(OC(F)(F)F)cc2)C(c2ccc(O)cc2)/C1=C(/O)c1ccc(Cl)c(Cl)c1. The van der Waals surface area contributed by atoms with Crippen LogP contribution >= 0.6 is 23.2 Å². The van der Waals surface area contributed by atoms with Crippen LogP contribution in [-0.4, -0.2) is 28.3 Å². The van der Waals surface area contributed by atoms with E-state index in [1.807, 2.05) is 0 Å². The fraction of sp³-hybridized carbons (Fsp3) is 0.0833. The van der Waals surface area contributed by atoms with Gasteiger partial charge >= 0.3 is 6.36 Å². The average molecular weight is 524 g/mol. The number of phenolic OH excluding ortho intramolecular Hbond substituents is 1.